The van der Waals surface area contributed by atoms with Gasteiger partial charge < -0.3 is 14.6 Å². The first kappa shape index (κ1) is 11.1. The molecular weight excluding hydrogens is 196 g/mol. The number of carbonyl (C=O) groups excluding carboxylic acids is 1. The van der Waals surface area contributed by atoms with E-state index in [0.717, 1.165) is 0 Å². The van der Waals surface area contributed by atoms with Gasteiger partial charge in [-0.05, 0) is 24.3 Å². The Morgan fingerprint density at radius 3 is 2.40 bits per heavy atom. The molecule has 80 valence electrons. The van der Waals surface area contributed by atoms with Crippen LogP contribution < -0.4 is 9.47 Å². The maximum atomic E-state index is 10.2. The van der Waals surface area contributed by atoms with Crippen molar-refractivity contribution in [3.05, 3.63) is 23.8 Å². The lowest BCUT2D eigenvalue weighted by molar-refractivity contribution is -0.104. The van der Waals surface area contributed by atoms with Crippen LogP contribution in [0.2, 0.25) is 0 Å². The molecule has 0 aliphatic carbocycles. The number of ether oxygens (including phenoxy) is 2. The maximum Gasteiger partial charge on any atom is 0.203 e. The molecule has 0 saturated heterocycles. The van der Waals surface area contributed by atoms with Crippen molar-refractivity contribution in [2.75, 3.05) is 14.2 Å². The quantitative estimate of drug-likeness (QED) is 0.603. The average molecular weight is 208 g/mol. The van der Waals surface area contributed by atoms with E-state index < -0.39 is 0 Å². The summed E-state index contributed by atoms with van der Waals surface area (Å²) in [5.74, 6) is 0.652. The van der Waals surface area contributed by atoms with Crippen molar-refractivity contribution in [3.8, 4) is 17.2 Å². The molecule has 4 heteroatoms. The third-order valence-corrected chi connectivity index (χ3v) is 1.88. The normalized spacial score (nSPS) is 10.3. The topological polar surface area (TPSA) is 55.8 Å². The van der Waals surface area contributed by atoms with Crippen LogP contribution in [0, 0.1) is 0 Å². The Labute approximate surface area is 87.7 Å². The zero-order chi connectivity index (χ0) is 11.3. The lowest BCUT2D eigenvalue weighted by Gasteiger charge is -2.11. The number of phenols is 1. The van der Waals surface area contributed by atoms with Crippen molar-refractivity contribution in [3.63, 3.8) is 0 Å². The molecule has 0 amide bonds. The fourth-order valence-electron chi connectivity index (χ4n) is 1.25. The molecule has 0 bridgehead atoms. The fourth-order valence-corrected chi connectivity index (χ4v) is 1.25. The summed E-state index contributed by atoms with van der Waals surface area (Å²) in [6.45, 7) is 0. The van der Waals surface area contributed by atoms with E-state index in [2.05, 4.69) is 0 Å². The van der Waals surface area contributed by atoms with Crippen molar-refractivity contribution in [2.24, 2.45) is 0 Å². The van der Waals surface area contributed by atoms with Gasteiger partial charge >= 0.3 is 0 Å². The Balaban J connectivity index is 3.28. The summed E-state index contributed by atoms with van der Waals surface area (Å²) in [7, 11) is 2.90. The maximum absolute atomic E-state index is 10.2. The van der Waals surface area contributed by atoms with Crippen molar-refractivity contribution in [1.82, 2.24) is 0 Å². The highest BCUT2D eigenvalue weighted by Crippen LogP contribution is 2.39. The molecule has 0 fully saturated rings. The Morgan fingerprint density at radius 2 is 1.87 bits per heavy atom. The number of allylic oxidation sites excluding steroid dienone is 1. The standard InChI is InChI=1S/C11H12O4/c1-14-10-8(4-3-7-12)5-6-9(13)11(10)15-2/h3-7,13H,1-2H3. The minimum atomic E-state index is -0.00222. The molecule has 0 aliphatic rings. The van der Waals surface area contributed by atoms with E-state index in [9.17, 15) is 9.90 Å². The molecule has 0 spiro atoms. The Morgan fingerprint density at radius 1 is 1.20 bits per heavy atom. The fraction of sp³-hybridized carbons (Fsp3) is 0.182. The SMILES string of the molecule is COc1c(O)ccc(C=CC=O)c1OC. The molecule has 15 heavy (non-hydrogen) atoms. The third kappa shape index (κ3) is 2.28. The predicted molar refractivity (Wildman–Crippen MR) is 56.3 cm³/mol. The minimum absolute atomic E-state index is 0.00222. The van der Waals surface area contributed by atoms with Crippen molar-refractivity contribution in [2.45, 2.75) is 0 Å². The number of aromatic hydroxyl groups is 1. The number of carbonyl (C=O) groups is 1. The lowest BCUT2D eigenvalue weighted by Crippen LogP contribution is -1.93. The van der Waals surface area contributed by atoms with Crippen LogP contribution in [-0.2, 0) is 4.79 Å². The van der Waals surface area contributed by atoms with E-state index >= 15 is 0 Å². The van der Waals surface area contributed by atoms with Gasteiger partial charge in [0, 0.05) is 5.56 Å². The number of rotatable bonds is 4. The van der Waals surface area contributed by atoms with Gasteiger partial charge in [-0.2, -0.15) is 0 Å². The number of phenolic OH excluding ortho intramolecular Hbond substituents is 1. The molecule has 0 saturated carbocycles. The molecule has 1 aromatic rings. The molecule has 0 heterocycles. The highest BCUT2D eigenvalue weighted by molar-refractivity contribution is 5.77. The van der Waals surface area contributed by atoms with E-state index in [1.807, 2.05) is 0 Å². The average Bonchev–Trinajstić information content (AvgIpc) is 2.26. The van der Waals surface area contributed by atoms with Crippen LogP contribution in [0.15, 0.2) is 18.2 Å². The predicted octanol–water partition coefficient (Wildman–Crippen LogP) is 1.62. The van der Waals surface area contributed by atoms with E-state index in [1.165, 1.54) is 26.4 Å². The van der Waals surface area contributed by atoms with Crippen molar-refractivity contribution < 1.29 is 19.4 Å². The van der Waals surface area contributed by atoms with Crippen LogP contribution >= 0.6 is 0 Å². The number of aldehydes is 1. The molecule has 1 aromatic carbocycles. The summed E-state index contributed by atoms with van der Waals surface area (Å²) < 4.78 is 10.1. The zero-order valence-electron chi connectivity index (χ0n) is 8.56. The van der Waals surface area contributed by atoms with Crippen LogP contribution in [0.1, 0.15) is 5.56 Å². The summed E-state index contributed by atoms with van der Waals surface area (Å²) in [6, 6.07) is 3.11. The van der Waals surface area contributed by atoms with E-state index in [-0.39, 0.29) is 11.5 Å². The first-order valence-corrected chi connectivity index (χ1v) is 4.30. The molecule has 0 radical (unpaired) electrons. The smallest absolute Gasteiger partial charge is 0.203 e. The number of hydrogen-bond acceptors (Lipinski definition) is 4. The molecular formula is C11H12O4. The molecule has 1 rings (SSSR count). The number of methoxy groups -OCH3 is 2. The summed E-state index contributed by atoms with van der Waals surface area (Å²) in [4.78, 5) is 10.2. The molecule has 0 aromatic heterocycles. The summed E-state index contributed by atoms with van der Waals surface area (Å²) >= 11 is 0. The Bertz CT molecular complexity index is 382. The molecule has 0 aliphatic heterocycles. The van der Waals surface area contributed by atoms with Gasteiger partial charge in [0.25, 0.3) is 0 Å². The monoisotopic (exact) mass is 208 g/mol. The largest absolute Gasteiger partial charge is 0.504 e. The van der Waals surface area contributed by atoms with Crippen LogP contribution in [-0.4, -0.2) is 25.6 Å². The zero-order valence-corrected chi connectivity index (χ0v) is 8.56. The second-order valence-electron chi connectivity index (χ2n) is 2.74. The first-order chi connectivity index (χ1) is 7.24. The van der Waals surface area contributed by atoms with Crippen LogP contribution in [0.5, 0.6) is 17.2 Å². The molecule has 4 nitrogen and oxygen atoms in total. The second kappa shape index (κ2) is 5.05. The molecule has 0 unspecified atom stereocenters. The molecule has 0 atom stereocenters. The Kier molecular flexibility index (Phi) is 3.74. The van der Waals surface area contributed by atoms with Crippen LogP contribution in [0.25, 0.3) is 6.08 Å². The number of benzene rings is 1. The van der Waals surface area contributed by atoms with Gasteiger partial charge in [-0.1, -0.05) is 0 Å². The summed E-state index contributed by atoms with van der Waals surface area (Å²) in [5.41, 5.74) is 0.666. The van der Waals surface area contributed by atoms with Crippen molar-refractivity contribution >= 4 is 12.4 Å². The van der Waals surface area contributed by atoms with Crippen molar-refractivity contribution in [1.29, 1.82) is 0 Å². The highest BCUT2D eigenvalue weighted by atomic mass is 16.5. The van der Waals surface area contributed by atoms with E-state index in [4.69, 9.17) is 9.47 Å². The van der Waals surface area contributed by atoms with E-state index in [0.29, 0.717) is 17.6 Å². The molecule has 1 N–H and O–H groups in total. The van der Waals surface area contributed by atoms with Gasteiger partial charge in [0.15, 0.2) is 11.5 Å². The van der Waals surface area contributed by atoms with Crippen LogP contribution in [0.3, 0.4) is 0 Å². The lowest BCUT2D eigenvalue weighted by atomic mass is 10.1. The van der Waals surface area contributed by atoms with Gasteiger partial charge in [0.05, 0.1) is 14.2 Å². The highest BCUT2D eigenvalue weighted by Gasteiger charge is 2.12. The third-order valence-electron chi connectivity index (χ3n) is 1.88. The number of hydrogen-bond donors (Lipinski definition) is 1. The second-order valence-corrected chi connectivity index (χ2v) is 2.74. The Hall–Kier alpha value is -1.97. The first-order valence-electron chi connectivity index (χ1n) is 4.30. The van der Waals surface area contributed by atoms with Gasteiger partial charge in [0.2, 0.25) is 5.75 Å². The minimum Gasteiger partial charge on any atom is -0.504 e. The van der Waals surface area contributed by atoms with Crippen LogP contribution in [0.4, 0.5) is 0 Å². The van der Waals surface area contributed by atoms with E-state index in [1.54, 1.807) is 12.1 Å². The van der Waals surface area contributed by atoms with Gasteiger partial charge in [-0.3, -0.25) is 4.79 Å². The van der Waals surface area contributed by atoms with Gasteiger partial charge in [-0.15, -0.1) is 0 Å². The summed E-state index contributed by atoms with van der Waals surface area (Å²) in [5, 5.41) is 9.47. The van der Waals surface area contributed by atoms with Gasteiger partial charge in [-0.25, -0.2) is 0 Å². The summed E-state index contributed by atoms with van der Waals surface area (Å²) in [6.07, 6.45) is 3.58. The van der Waals surface area contributed by atoms with Gasteiger partial charge in [0.1, 0.15) is 6.29 Å².